The van der Waals surface area contributed by atoms with Gasteiger partial charge in [-0.05, 0) is 51.3 Å². The molecule has 4 N–H and O–H groups in total. The Hall–Kier alpha value is -2.08. The lowest BCUT2D eigenvalue weighted by Gasteiger charge is -2.14. The van der Waals surface area contributed by atoms with Gasteiger partial charge in [0.1, 0.15) is 5.75 Å². The quantitative estimate of drug-likeness (QED) is 0.632. The summed E-state index contributed by atoms with van der Waals surface area (Å²) in [6.07, 6.45) is 1.84. The van der Waals surface area contributed by atoms with Crippen LogP contribution in [0.5, 0.6) is 5.75 Å². The van der Waals surface area contributed by atoms with Crippen LogP contribution in [-0.4, -0.2) is 37.0 Å². The molecular formula is C17H27N3O3. The fourth-order valence-electron chi connectivity index (χ4n) is 2.04. The largest absolute Gasteiger partial charge is 0.491 e. The monoisotopic (exact) mass is 321 g/mol. The summed E-state index contributed by atoms with van der Waals surface area (Å²) in [5, 5.41) is 5.29. The van der Waals surface area contributed by atoms with Crippen LogP contribution in [0.4, 0.5) is 0 Å². The molecule has 128 valence electrons. The summed E-state index contributed by atoms with van der Waals surface area (Å²) in [6, 6.07) is 8.02. The van der Waals surface area contributed by atoms with Crippen LogP contribution in [-0.2, 0) is 16.0 Å². The van der Waals surface area contributed by atoms with Crippen molar-refractivity contribution >= 4 is 11.8 Å². The second-order valence-electron chi connectivity index (χ2n) is 5.80. The average Bonchev–Trinajstić information content (AvgIpc) is 2.51. The normalized spacial score (nSPS) is 11.9. The molecule has 1 unspecified atom stereocenters. The third kappa shape index (κ3) is 8.21. The highest BCUT2D eigenvalue weighted by Gasteiger charge is 2.09. The lowest BCUT2D eigenvalue weighted by atomic mass is 10.1. The summed E-state index contributed by atoms with van der Waals surface area (Å²) >= 11 is 0. The zero-order valence-electron chi connectivity index (χ0n) is 14.1. The highest BCUT2D eigenvalue weighted by molar-refractivity contribution is 5.85. The van der Waals surface area contributed by atoms with Gasteiger partial charge >= 0.3 is 0 Å². The van der Waals surface area contributed by atoms with Gasteiger partial charge in [0, 0.05) is 6.04 Å². The highest BCUT2D eigenvalue weighted by atomic mass is 16.5. The molecule has 23 heavy (non-hydrogen) atoms. The van der Waals surface area contributed by atoms with Crippen LogP contribution in [0.25, 0.3) is 0 Å². The Balaban J connectivity index is 2.31. The number of hydrogen-bond acceptors (Lipinski definition) is 4. The molecule has 0 saturated heterocycles. The van der Waals surface area contributed by atoms with Crippen LogP contribution >= 0.6 is 0 Å². The Kier molecular flexibility index (Phi) is 8.11. The van der Waals surface area contributed by atoms with E-state index in [2.05, 4.69) is 10.6 Å². The Morgan fingerprint density at radius 2 is 1.78 bits per heavy atom. The smallest absolute Gasteiger partial charge is 0.239 e. The summed E-state index contributed by atoms with van der Waals surface area (Å²) in [5.74, 6) is 0.317. The molecule has 0 aliphatic heterocycles. The van der Waals surface area contributed by atoms with Crippen LogP contribution in [0.1, 0.15) is 32.8 Å². The second kappa shape index (κ2) is 9.84. The molecule has 6 nitrogen and oxygen atoms in total. The number of rotatable bonds is 9. The Morgan fingerprint density at radius 1 is 1.13 bits per heavy atom. The Labute approximate surface area is 137 Å². The molecule has 0 bridgehead atoms. The van der Waals surface area contributed by atoms with Crippen molar-refractivity contribution in [1.82, 2.24) is 10.6 Å². The SMILES string of the molecule is CC(CCc1ccc(OC(C)C)cc1)NC(=O)CNC(=O)CN. The van der Waals surface area contributed by atoms with Crippen molar-refractivity contribution in [3.63, 3.8) is 0 Å². The molecule has 1 aromatic carbocycles. The number of amides is 2. The van der Waals surface area contributed by atoms with Crippen molar-refractivity contribution in [2.45, 2.75) is 45.8 Å². The maximum Gasteiger partial charge on any atom is 0.239 e. The molecule has 0 saturated carbocycles. The average molecular weight is 321 g/mol. The minimum Gasteiger partial charge on any atom is -0.491 e. The summed E-state index contributed by atoms with van der Waals surface area (Å²) in [7, 11) is 0. The van der Waals surface area contributed by atoms with Crippen LogP contribution in [0.15, 0.2) is 24.3 Å². The number of carbonyl (C=O) groups excluding carboxylic acids is 2. The molecule has 0 heterocycles. The van der Waals surface area contributed by atoms with E-state index in [0.717, 1.165) is 18.6 Å². The van der Waals surface area contributed by atoms with Gasteiger partial charge in [-0.3, -0.25) is 9.59 Å². The maximum absolute atomic E-state index is 11.6. The zero-order chi connectivity index (χ0) is 17.2. The lowest BCUT2D eigenvalue weighted by molar-refractivity contribution is -0.125. The number of benzene rings is 1. The molecule has 2 amide bonds. The van der Waals surface area contributed by atoms with E-state index in [1.54, 1.807) is 0 Å². The minimum absolute atomic E-state index is 0.0314. The highest BCUT2D eigenvalue weighted by Crippen LogP contribution is 2.15. The van der Waals surface area contributed by atoms with Gasteiger partial charge < -0.3 is 21.1 Å². The first-order valence-corrected chi connectivity index (χ1v) is 7.92. The fourth-order valence-corrected chi connectivity index (χ4v) is 2.04. The third-order valence-corrected chi connectivity index (χ3v) is 3.20. The van der Waals surface area contributed by atoms with Crippen LogP contribution in [0, 0.1) is 0 Å². The topological polar surface area (TPSA) is 93.5 Å². The Bertz CT molecular complexity index is 500. The minimum atomic E-state index is -0.337. The van der Waals surface area contributed by atoms with Crippen molar-refractivity contribution in [3.05, 3.63) is 29.8 Å². The van der Waals surface area contributed by atoms with E-state index in [0.29, 0.717) is 0 Å². The molecule has 1 rings (SSSR count). The molecule has 1 aromatic rings. The van der Waals surface area contributed by atoms with Gasteiger partial charge in [-0.25, -0.2) is 0 Å². The van der Waals surface area contributed by atoms with E-state index in [1.807, 2.05) is 45.0 Å². The number of aryl methyl sites for hydroxylation is 1. The van der Waals surface area contributed by atoms with Crippen molar-refractivity contribution in [2.75, 3.05) is 13.1 Å². The summed E-state index contributed by atoms with van der Waals surface area (Å²) in [6.45, 7) is 5.78. The summed E-state index contributed by atoms with van der Waals surface area (Å²) in [4.78, 5) is 22.6. The predicted molar refractivity (Wildman–Crippen MR) is 90.2 cm³/mol. The van der Waals surface area contributed by atoms with Gasteiger partial charge in [0.05, 0.1) is 19.2 Å². The van der Waals surface area contributed by atoms with Gasteiger partial charge in [0.15, 0.2) is 0 Å². The van der Waals surface area contributed by atoms with Crippen molar-refractivity contribution in [1.29, 1.82) is 0 Å². The fraction of sp³-hybridized carbons (Fsp3) is 0.529. The molecule has 0 aliphatic rings. The number of nitrogens with two attached hydrogens (primary N) is 1. The van der Waals surface area contributed by atoms with Gasteiger partial charge in [-0.15, -0.1) is 0 Å². The number of nitrogens with one attached hydrogen (secondary N) is 2. The van der Waals surface area contributed by atoms with E-state index in [9.17, 15) is 9.59 Å². The second-order valence-corrected chi connectivity index (χ2v) is 5.80. The maximum atomic E-state index is 11.6. The number of hydrogen-bond donors (Lipinski definition) is 3. The van der Waals surface area contributed by atoms with Gasteiger partial charge in [-0.1, -0.05) is 12.1 Å². The van der Waals surface area contributed by atoms with Gasteiger partial charge in [0.25, 0.3) is 0 Å². The standard InChI is InChI=1S/C17H27N3O3/c1-12(2)23-15-8-6-14(7-9-15)5-4-13(3)20-17(22)11-19-16(21)10-18/h6-9,12-13H,4-5,10-11,18H2,1-3H3,(H,19,21)(H,20,22). The first-order valence-electron chi connectivity index (χ1n) is 7.92. The molecule has 0 radical (unpaired) electrons. The third-order valence-electron chi connectivity index (χ3n) is 3.20. The molecule has 1 atom stereocenters. The van der Waals surface area contributed by atoms with Crippen molar-refractivity contribution in [2.24, 2.45) is 5.73 Å². The molecular weight excluding hydrogens is 294 g/mol. The van der Waals surface area contributed by atoms with E-state index < -0.39 is 0 Å². The summed E-state index contributed by atoms with van der Waals surface area (Å²) < 4.78 is 5.60. The zero-order valence-corrected chi connectivity index (χ0v) is 14.1. The van der Waals surface area contributed by atoms with Gasteiger partial charge in [-0.2, -0.15) is 0 Å². The van der Waals surface area contributed by atoms with Crippen LogP contribution in [0.3, 0.4) is 0 Å². The van der Waals surface area contributed by atoms with E-state index in [1.165, 1.54) is 5.56 Å². The molecule has 0 aromatic heterocycles. The molecule has 0 spiro atoms. The Morgan fingerprint density at radius 3 is 2.35 bits per heavy atom. The molecule has 0 fully saturated rings. The molecule has 6 heteroatoms. The van der Waals surface area contributed by atoms with E-state index in [4.69, 9.17) is 10.5 Å². The first-order chi connectivity index (χ1) is 10.9. The van der Waals surface area contributed by atoms with Crippen LogP contribution < -0.4 is 21.1 Å². The number of ether oxygens (including phenoxy) is 1. The van der Waals surface area contributed by atoms with E-state index >= 15 is 0 Å². The van der Waals surface area contributed by atoms with Crippen LogP contribution in [0.2, 0.25) is 0 Å². The van der Waals surface area contributed by atoms with Gasteiger partial charge in [0.2, 0.25) is 11.8 Å². The first kappa shape index (κ1) is 19.0. The predicted octanol–water partition coefficient (Wildman–Crippen LogP) is 0.986. The lowest BCUT2D eigenvalue weighted by Crippen LogP contribution is -2.42. The van der Waals surface area contributed by atoms with Crippen molar-refractivity contribution in [3.8, 4) is 5.75 Å². The summed E-state index contributed by atoms with van der Waals surface area (Å²) in [5.41, 5.74) is 6.35. The number of carbonyl (C=O) groups is 2. The van der Waals surface area contributed by atoms with E-state index in [-0.39, 0.29) is 37.0 Å². The molecule has 0 aliphatic carbocycles. The van der Waals surface area contributed by atoms with Crippen molar-refractivity contribution < 1.29 is 14.3 Å².